The highest BCUT2D eigenvalue weighted by molar-refractivity contribution is 5.98. The van der Waals surface area contributed by atoms with Crippen LogP contribution in [-0.4, -0.2) is 36.3 Å². The third kappa shape index (κ3) is 7.53. The highest BCUT2D eigenvalue weighted by Gasteiger charge is 2.07. The Hall–Kier alpha value is -2.70. The van der Waals surface area contributed by atoms with Crippen LogP contribution in [0.25, 0.3) is 0 Å². The van der Waals surface area contributed by atoms with Gasteiger partial charge in [-0.25, -0.2) is 10.2 Å². The number of benzene rings is 1. The molecule has 0 aliphatic carbocycles. The maximum Gasteiger partial charge on any atom is 0.336 e. The Bertz CT molecular complexity index is 598. The number of hydrazone groups is 1. The van der Waals surface area contributed by atoms with Crippen LogP contribution in [0.5, 0.6) is 0 Å². The molecule has 1 rings (SSSR count). The molecule has 7 heteroatoms. The number of unbranched alkanes of at least 4 members (excludes halogenated alkanes) is 3. The molecule has 0 atom stereocenters. The molecule has 0 spiro atoms. The lowest BCUT2D eigenvalue weighted by atomic mass is 10.1. The molecule has 130 valence electrons. The zero-order valence-electron chi connectivity index (χ0n) is 13.7. The van der Waals surface area contributed by atoms with E-state index in [9.17, 15) is 14.4 Å². The number of esters is 1. The van der Waals surface area contributed by atoms with Crippen LogP contribution in [0, 0.1) is 0 Å². The Kier molecular flexibility index (Phi) is 8.81. The van der Waals surface area contributed by atoms with Crippen LogP contribution in [0.3, 0.4) is 0 Å². The van der Waals surface area contributed by atoms with Gasteiger partial charge in [0.25, 0.3) is 0 Å². The van der Waals surface area contributed by atoms with E-state index in [0.717, 1.165) is 19.3 Å². The molecular weight excluding hydrogens is 312 g/mol. The lowest BCUT2D eigenvalue weighted by molar-refractivity contribution is -0.140. The van der Waals surface area contributed by atoms with E-state index in [4.69, 9.17) is 5.11 Å². The summed E-state index contributed by atoms with van der Waals surface area (Å²) in [6.07, 6.45) is 5.20. The third-order valence-corrected chi connectivity index (χ3v) is 3.35. The third-order valence-electron chi connectivity index (χ3n) is 3.35. The number of nitrogens with zero attached hydrogens (tertiary/aromatic N) is 1. The van der Waals surface area contributed by atoms with Gasteiger partial charge in [0.15, 0.2) is 0 Å². The van der Waals surface area contributed by atoms with Crippen molar-refractivity contribution in [2.24, 2.45) is 5.10 Å². The number of hydrogen-bond donors (Lipinski definition) is 2. The average molecular weight is 334 g/mol. The first-order valence-corrected chi connectivity index (χ1v) is 7.75. The van der Waals surface area contributed by atoms with Crippen molar-refractivity contribution >= 4 is 24.1 Å². The molecule has 0 aliphatic heterocycles. The quantitative estimate of drug-likeness (QED) is 0.296. The van der Waals surface area contributed by atoms with E-state index in [1.807, 2.05) is 0 Å². The summed E-state index contributed by atoms with van der Waals surface area (Å²) in [5.74, 6) is -1.49. The largest absolute Gasteiger partial charge is 0.478 e. The van der Waals surface area contributed by atoms with Gasteiger partial charge in [-0.3, -0.25) is 9.59 Å². The second-order valence-electron chi connectivity index (χ2n) is 5.18. The van der Waals surface area contributed by atoms with E-state index < -0.39 is 5.97 Å². The Morgan fingerprint density at radius 1 is 1.12 bits per heavy atom. The van der Waals surface area contributed by atoms with Crippen LogP contribution < -0.4 is 5.43 Å². The van der Waals surface area contributed by atoms with Crippen molar-refractivity contribution in [3.63, 3.8) is 0 Å². The summed E-state index contributed by atoms with van der Waals surface area (Å²) >= 11 is 0. The van der Waals surface area contributed by atoms with E-state index in [-0.39, 0.29) is 17.4 Å². The Morgan fingerprint density at radius 2 is 1.79 bits per heavy atom. The molecule has 0 fully saturated rings. The fourth-order valence-corrected chi connectivity index (χ4v) is 2.04. The SMILES string of the molecule is COC(=O)CCCCCCC(=O)NN=Cc1ccccc1C(=O)O. The van der Waals surface area contributed by atoms with Gasteiger partial charge in [-0.1, -0.05) is 31.0 Å². The molecule has 0 heterocycles. The maximum atomic E-state index is 11.6. The van der Waals surface area contributed by atoms with Crippen molar-refractivity contribution in [3.8, 4) is 0 Å². The van der Waals surface area contributed by atoms with Crippen molar-refractivity contribution in [1.29, 1.82) is 0 Å². The normalized spacial score (nSPS) is 10.5. The minimum absolute atomic E-state index is 0.126. The lowest BCUT2D eigenvalue weighted by Crippen LogP contribution is -2.17. The lowest BCUT2D eigenvalue weighted by Gasteiger charge is -2.02. The molecule has 7 nitrogen and oxygen atoms in total. The number of carbonyl (C=O) groups excluding carboxylic acids is 2. The first-order chi connectivity index (χ1) is 11.5. The number of rotatable bonds is 10. The summed E-state index contributed by atoms with van der Waals surface area (Å²) < 4.78 is 4.54. The van der Waals surface area contributed by atoms with E-state index in [1.54, 1.807) is 18.2 Å². The molecule has 0 radical (unpaired) electrons. The zero-order valence-corrected chi connectivity index (χ0v) is 13.7. The molecule has 0 saturated heterocycles. The van der Waals surface area contributed by atoms with Gasteiger partial charge in [0.1, 0.15) is 0 Å². The Balaban J connectivity index is 2.25. The summed E-state index contributed by atoms with van der Waals surface area (Å²) in [6.45, 7) is 0. The number of ether oxygens (including phenoxy) is 1. The molecule has 0 bridgehead atoms. The minimum atomic E-state index is -1.05. The maximum absolute atomic E-state index is 11.6. The standard InChI is InChI=1S/C17H22N2O5/c1-24-16(21)11-5-3-2-4-10-15(20)19-18-12-13-8-6-7-9-14(13)17(22)23/h6-9,12H,2-5,10-11H2,1H3,(H,19,20)(H,22,23). The number of carbonyl (C=O) groups is 3. The number of methoxy groups -OCH3 is 1. The van der Waals surface area contributed by atoms with Gasteiger partial charge in [0.2, 0.25) is 5.91 Å². The van der Waals surface area contributed by atoms with E-state index in [0.29, 0.717) is 24.8 Å². The van der Waals surface area contributed by atoms with Gasteiger partial charge < -0.3 is 9.84 Å². The highest BCUT2D eigenvalue weighted by atomic mass is 16.5. The summed E-state index contributed by atoms with van der Waals surface area (Å²) in [5, 5.41) is 12.8. The summed E-state index contributed by atoms with van der Waals surface area (Å²) in [4.78, 5) is 33.6. The fourth-order valence-electron chi connectivity index (χ4n) is 2.04. The monoisotopic (exact) mass is 334 g/mol. The first-order valence-electron chi connectivity index (χ1n) is 7.75. The van der Waals surface area contributed by atoms with Gasteiger partial charge in [-0.05, 0) is 18.9 Å². The fraction of sp³-hybridized carbons (Fsp3) is 0.412. The molecule has 2 N–H and O–H groups in total. The van der Waals surface area contributed by atoms with Crippen LogP contribution in [0.4, 0.5) is 0 Å². The van der Waals surface area contributed by atoms with Crippen molar-refractivity contribution in [2.75, 3.05) is 7.11 Å². The van der Waals surface area contributed by atoms with Crippen molar-refractivity contribution in [1.82, 2.24) is 5.43 Å². The highest BCUT2D eigenvalue weighted by Crippen LogP contribution is 2.07. The van der Waals surface area contributed by atoms with E-state index >= 15 is 0 Å². The summed E-state index contributed by atoms with van der Waals surface area (Å²) in [7, 11) is 1.36. The smallest absolute Gasteiger partial charge is 0.336 e. The zero-order chi connectivity index (χ0) is 17.8. The predicted octanol–water partition coefficient (Wildman–Crippen LogP) is 2.35. The number of aromatic carboxylic acids is 1. The number of carboxylic acids is 1. The molecule has 0 aromatic heterocycles. The molecule has 0 unspecified atom stereocenters. The summed E-state index contributed by atoms with van der Waals surface area (Å²) in [5.41, 5.74) is 2.93. The van der Waals surface area contributed by atoms with E-state index in [2.05, 4.69) is 15.3 Å². The predicted molar refractivity (Wildman–Crippen MR) is 88.9 cm³/mol. The van der Waals surface area contributed by atoms with Crippen molar-refractivity contribution in [3.05, 3.63) is 35.4 Å². The molecule has 1 aromatic rings. The van der Waals surface area contributed by atoms with Gasteiger partial charge in [0.05, 0.1) is 18.9 Å². The molecular formula is C17H22N2O5. The van der Waals surface area contributed by atoms with Crippen LogP contribution in [0.2, 0.25) is 0 Å². The molecule has 0 saturated carbocycles. The molecule has 1 amide bonds. The number of carboxylic acid groups (broad SMARTS) is 1. The van der Waals surface area contributed by atoms with Crippen LogP contribution in [-0.2, 0) is 14.3 Å². The molecule has 1 aromatic carbocycles. The number of nitrogens with one attached hydrogen (secondary N) is 1. The molecule has 0 aliphatic rings. The average Bonchev–Trinajstić information content (AvgIpc) is 2.58. The summed E-state index contributed by atoms with van der Waals surface area (Å²) in [6, 6.07) is 6.41. The second kappa shape index (κ2) is 10.9. The van der Waals surface area contributed by atoms with Gasteiger partial charge >= 0.3 is 11.9 Å². The topological polar surface area (TPSA) is 105 Å². The first kappa shape index (κ1) is 19.3. The van der Waals surface area contributed by atoms with Crippen LogP contribution >= 0.6 is 0 Å². The van der Waals surface area contributed by atoms with Crippen LogP contribution in [0.1, 0.15) is 54.4 Å². The van der Waals surface area contributed by atoms with Gasteiger partial charge in [-0.2, -0.15) is 5.10 Å². The van der Waals surface area contributed by atoms with Gasteiger partial charge in [0, 0.05) is 18.4 Å². The Morgan fingerprint density at radius 3 is 2.46 bits per heavy atom. The number of hydrogen-bond acceptors (Lipinski definition) is 5. The minimum Gasteiger partial charge on any atom is -0.478 e. The molecule has 24 heavy (non-hydrogen) atoms. The van der Waals surface area contributed by atoms with E-state index in [1.165, 1.54) is 19.4 Å². The van der Waals surface area contributed by atoms with Crippen LogP contribution in [0.15, 0.2) is 29.4 Å². The van der Waals surface area contributed by atoms with Crippen molar-refractivity contribution in [2.45, 2.75) is 38.5 Å². The number of amides is 1. The van der Waals surface area contributed by atoms with Gasteiger partial charge in [-0.15, -0.1) is 0 Å². The Labute approximate surface area is 140 Å². The van der Waals surface area contributed by atoms with Crippen molar-refractivity contribution < 1.29 is 24.2 Å². The second-order valence-corrected chi connectivity index (χ2v) is 5.18.